The predicted octanol–water partition coefficient (Wildman–Crippen LogP) is 6.46. The first kappa shape index (κ1) is 28.2. The van der Waals surface area contributed by atoms with E-state index in [0.717, 1.165) is 44.2 Å². The summed E-state index contributed by atoms with van der Waals surface area (Å²) in [6.07, 6.45) is 13.7. The molecule has 6 heteroatoms. The fourth-order valence-corrected chi connectivity index (χ4v) is 10.8. The minimum Gasteiger partial charge on any atom is -0.393 e. The van der Waals surface area contributed by atoms with Gasteiger partial charge in [0.2, 0.25) is 0 Å². The van der Waals surface area contributed by atoms with E-state index in [9.17, 15) is 14.7 Å². The third kappa shape index (κ3) is 3.53. The molecule has 0 saturated heterocycles. The first-order valence-electron chi connectivity index (χ1n) is 16.6. The topological polar surface area (TPSA) is 69.2 Å². The minimum atomic E-state index is -0.518. The number of hydrogen-bond donors (Lipinski definition) is 1. The number of para-hydroxylation sites is 1. The third-order valence-electron chi connectivity index (χ3n) is 13.3. The molecule has 3 unspecified atom stereocenters. The first-order valence-corrected chi connectivity index (χ1v) is 16.6. The van der Waals surface area contributed by atoms with E-state index in [2.05, 4.69) is 59.8 Å². The molecule has 0 amide bonds. The Balaban J connectivity index is 1.41. The van der Waals surface area contributed by atoms with E-state index in [1.54, 1.807) is 4.68 Å². The van der Waals surface area contributed by atoms with Crippen molar-refractivity contribution in [1.82, 2.24) is 13.9 Å². The second-order valence-electron chi connectivity index (χ2n) is 15.5. The molecule has 226 valence electrons. The lowest BCUT2D eigenvalue weighted by Crippen LogP contribution is -2.63. The molecular formula is C36H49N3O3. The molecule has 3 fully saturated rings. The van der Waals surface area contributed by atoms with Crippen LogP contribution in [-0.4, -0.2) is 25.1 Å². The van der Waals surface area contributed by atoms with Gasteiger partial charge in [0.25, 0.3) is 0 Å². The van der Waals surface area contributed by atoms with Crippen molar-refractivity contribution in [1.29, 1.82) is 0 Å². The van der Waals surface area contributed by atoms with Gasteiger partial charge < -0.3 is 5.11 Å². The Morgan fingerprint density at radius 2 is 1.57 bits per heavy atom. The van der Waals surface area contributed by atoms with Crippen LogP contribution in [0, 0.1) is 52.3 Å². The third-order valence-corrected chi connectivity index (χ3v) is 13.3. The number of hydrogen-bond acceptors (Lipinski definition) is 3. The van der Waals surface area contributed by atoms with Gasteiger partial charge in [0.15, 0.2) is 0 Å². The van der Waals surface area contributed by atoms with E-state index >= 15 is 0 Å². The number of aliphatic hydroxyl groups is 1. The number of benzene rings is 1. The van der Waals surface area contributed by atoms with Crippen LogP contribution in [0.2, 0.25) is 0 Å². The Morgan fingerprint density at radius 1 is 0.881 bits per heavy atom. The molecule has 6 nitrogen and oxygen atoms in total. The summed E-state index contributed by atoms with van der Waals surface area (Å²) in [6.45, 7) is 14.2. The highest BCUT2D eigenvalue weighted by molar-refractivity contribution is 5.59. The van der Waals surface area contributed by atoms with Crippen molar-refractivity contribution >= 4 is 5.70 Å². The number of nitrogens with zero attached hydrogens (tertiary/aromatic N) is 3. The highest BCUT2D eigenvalue weighted by atomic mass is 16.3. The zero-order chi connectivity index (χ0) is 29.8. The summed E-state index contributed by atoms with van der Waals surface area (Å²) < 4.78 is 5.10. The molecule has 1 aromatic heterocycles. The number of aromatic nitrogens is 3. The summed E-state index contributed by atoms with van der Waals surface area (Å²) in [7, 11) is 0. The van der Waals surface area contributed by atoms with Gasteiger partial charge in [0.05, 0.1) is 17.3 Å². The zero-order valence-corrected chi connectivity index (χ0v) is 26.3. The standard InChI is InChI=1S/C36H49N3O3/c1-22(2)23(3)12-13-24(4)27-14-15-30-34(27,5)19-17-31-35(6)18-16-26(40)20-28(35)29-21-36(30,31)39-33(42)37(32(41)38(29)39)25-10-8-7-9-11-25/h7-13,21-24,26-28,30-31,40H,14-20H2,1-6H3/b13-12+/t23-,24+,26-,27+,28?,30?,31?,34+,35-,36-/m0/s1. The van der Waals surface area contributed by atoms with E-state index in [4.69, 9.17) is 0 Å². The highest BCUT2D eigenvalue weighted by Crippen LogP contribution is 2.73. The number of fused-ring (bicyclic) bond motifs is 4. The maximum absolute atomic E-state index is 14.6. The second kappa shape index (κ2) is 9.45. The Hall–Kier alpha value is -2.60. The van der Waals surface area contributed by atoms with Crippen LogP contribution < -0.4 is 11.4 Å². The normalized spacial score (nSPS) is 39.9. The summed E-state index contributed by atoms with van der Waals surface area (Å²) in [6, 6.07) is 9.40. The SMILES string of the molecule is CC(C)[C@@H](C)/C=C/[C@@H](C)[C@H]1CCC2[C@@]34C=C(C5C[C@@H](O)CC[C@]5(C)C3CC[C@@]21C)n1c(=O)n(-c2ccccc2)c(=O)n14. The van der Waals surface area contributed by atoms with E-state index in [-0.39, 0.29) is 46.1 Å². The lowest BCUT2D eigenvalue weighted by atomic mass is 9.43. The van der Waals surface area contributed by atoms with Crippen LogP contribution in [0.4, 0.5) is 0 Å². The molecule has 2 aromatic rings. The molecule has 5 aliphatic rings. The summed E-state index contributed by atoms with van der Waals surface area (Å²) in [5, 5.41) is 10.9. The minimum absolute atomic E-state index is 0.0522. The van der Waals surface area contributed by atoms with Crippen LogP contribution in [0.5, 0.6) is 0 Å². The number of rotatable bonds is 5. The molecule has 7 rings (SSSR count). The van der Waals surface area contributed by atoms with Crippen LogP contribution in [0.3, 0.4) is 0 Å². The van der Waals surface area contributed by atoms with Crippen LogP contribution in [0.25, 0.3) is 11.4 Å². The Bertz CT molecular complexity index is 1560. The van der Waals surface area contributed by atoms with Gasteiger partial charge in [-0.1, -0.05) is 71.9 Å². The van der Waals surface area contributed by atoms with Gasteiger partial charge in [-0.2, -0.15) is 0 Å². The van der Waals surface area contributed by atoms with Crippen molar-refractivity contribution in [2.75, 3.05) is 0 Å². The van der Waals surface area contributed by atoms with Crippen molar-refractivity contribution < 1.29 is 5.11 Å². The smallest absolute Gasteiger partial charge is 0.356 e. The molecule has 10 atom stereocenters. The maximum Gasteiger partial charge on any atom is 0.356 e. The predicted molar refractivity (Wildman–Crippen MR) is 167 cm³/mol. The van der Waals surface area contributed by atoms with Gasteiger partial charge in [-0.25, -0.2) is 23.5 Å². The number of aliphatic hydroxyl groups excluding tert-OH is 1. The fraction of sp³-hybridized carbons (Fsp3) is 0.667. The van der Waals surface area contributed by atoms with Gasteiger partial charge in [-0.05, 0) is 109 Å². The Kier molecular flexibility index (Phi) is 6.34. The van der Waals surface area contributed by atoms with Gasteiger partial charge in [-0.15, -0.1) is 0 Å². The van der Waals surface area contributed by atoms with Crippen LogP contribution in [-0.2, 0) is 5.54 Å². The molecule has 42 heavy (non-hydrogen) atoms. The van der Waals surface area contributed by atoms with E-state index in [1.807, 2.05) is 35.0 Å². The number of allylic oxidation sites excluding steroid dienone is 4. The highest BCUT2D eigenvalue weighted by Gasteiger charge is 2.71. The van der Waals surface area contributed by atoms with Crippen LogP contribution >= 0.6 is 0 Å². The van der Waals surface area contributed by atoms with Crippen LogP contribution in [0.15, 0.2) is 58.1 Å². The monoisotopic (exact) mass is 571 g/mol. The van der Waals surface area contributed by atoms with Gasteiger partial charge in [-0.3, -0.25) is 0 Å². The Morgan fingerprint density at radius 3 is 2.29 bits per heavy atom. The lowest BCUT2D eigenvalue weighted by Gasteiger charge is -2.62. The molecule has 3 aliphatic carbocycles. The van der Waals surface area contributed by atoms with Crippen molar-refractivity contribution in [3.05, 3.63) is 69.5 Å². The molecule has 1 spiro atoms. The molecule has 1 aromatic carbocycles. The molecular weight excluding hydrogens is 522 g/mol. The van der Waals surface area contributed by atoms with E-state index in [0.29, 0.717) is 35.8 Å². The van der Waals surface area contributed by atoms with Crippen molar-refractivity contribution in [3.63, 3.8) is 0 Å². The maximum atomic E-state index is 14.6. The fourth-order valence-electron chi connectivity index (χ4n) is 10.8. The molecule has 3 heterocycles. The quantitative estimate of drug-likeness (QED) is 0.419. The van der Waals surface area contributed by atoms with Gasteiger partial charge in [0.1, 0.15) is 0 Å². The van der Waals surface area contributed by atoms with E-state index in [1.165, 1.54) is 4.57 Å². The largest absolute Gasteiger partial charge is 0.393 e. The zero-order valence-electron chi connectivity index (χ0n) is 26.3. The van der Waals surface area contributed by atoms with E-state index < -0.39 is 5.54 Å². The molecule has 3 saturated carbocycles. The Labute approximate surface area is 250 Å². The average molecular weight is 572 g/mol. The van der Waals surface area contributed by atoms with Gasteiger partial charge in [0, 0.05) is 11.6 Å². The molecule has 0 radical (unpaired) electrons. The lowest BCUT2D eigenvalue weighted by molar-refractivity contribution is -0.114. The van der Waals surface area contributed by atoms with Crippen molar-refractivity contribution in [2.45, 2.75) is 98.1 Å². The van der Waals surface area contributed by atoms with Crippen LogP contribution in [0.1, 0.15) is 86.5 Å². The van der Waals surface area contributed by atoms with Crippen molar-refractivity contribution in [3.8, 4) is 5.69 Å². The molecule has 1 N–H and O–H groups in total. The summed E-state index contributed by atoms with van der Waals surface area (Å²) >= 11 is 0. The first-order chi connectivity index (χ1) is 19.9. The summed E-state index contributed by atoms with van der Waals surface area (Å²) in [5.41, 5.74) is 0.616. The summed E-state index contributed by atoms with van der Waals surface area (Å²) in [5.74, 6) is 2.78. The van der Waals surface area contributed by atoms with Crippen molar-refractivity contribution in [2.24, 2.45) is 52.3 Å². The molecule has 2 bridgehead atoms. The molecule has 2 aliphatic heterocycles. The van der Waals surface area contributed by atoms with Gasteiger partial charge >= 0.3 is 11.4 Å². The summed E-state index contributed by atoms with van der Waals surface area (Å²) in [4.78, 5) is 28.9. The second-order valence-corrected chi connectivity index (χ2v) is 15.5. The average Bonchev–Trinajstić information content (AvgIpc) is 3.56.